The fourth-order valence-corrected chi connectivity index (χ4v) is 7.77. The maximum atomic E-state index is 12.0. The maximum Gasteiger partial charge on any atom is 0.305 e. The molecule has 0 atom stereocenters. The number of rotatable bonds is 47. The lowest BCUT2D eigenvalue weighted by atomic mass is 10.0. The second kappa shape index (κ2) is 48.1. The van der Waals surface area contributed by atoms with Crippen molar-refractivity contribution in [1.82, 2.24) is 0 Å². The van der Waals surface area contributed by atoms with Gasteiger partial charge in [0, 0.05) is 12.8 Å². The van der Waals surface area contributed by atoms with Gasteiger partial charge in [-0.1, -0.05) is 258 Å². The number of carbonyl (C=O) groups excluding carboxylic acids is 2. The average Bonchev–Trinajstić information content (AvgIpc) is 3.17. The van der Waals surface area contributed by atoms with Crippen molar-refractivity contribution < 1.29 is 19.1 Å². The number of ether oxygens (including phenoxy) is 2. The van der Waals surface area contributed by atoms with Gasteiger partial charge in [-0.05, 0) is 25.7 Å². The van der Waals surface area contributed by atoms with Crippen molar-refractivity contribution in [3.05, 3.63) is 0 Å². The summed E-state index contributed by atoms with van der Waals surface area (Å²) >= 11 is 0. The summed E-state index contributed by atoms with van der Waals surface area (Å²) < 4.78 is 10.8. The van der Waals surface area contributed by atoms with Crippen molar-refractivity contribution in [3.63, 3.8) is 0 Å². The van der Waals surface area contributed by atoms with Gasteiger partial charge in [-0.3, -0.25) is 9.59 Å². The highest BCUT2D eigenvalue weighted by atomic mass is 16.5. The Kier molecular flexibility index (Phi) is 47.1. The van der Waals surface area contributed by atoms with Gasteiger partial charge in [0.2, 0.25) is 0 Å². The van der Waals surface area contributed by atoms with Gasteiger partial charge < -0.3 is 9.47 Å². The Morgan fingerprint density at radius 1 is 0.241 bits per heavy atom. The SMILES string of the molecule is CCCCCCCCCCCCCCCCCCCCCCOC(=O)CCCCC(=O)OCCCCCCCCCCCCCCCCCCCCCC. The fourth-order valence-electron chi connectivity index (χ4n) is 7.77. The number of esters is 2. The molecule has 0 bridgehead atoms. The molecule has 0 saturated carbocycles. The van der Waals surface area contributed by atoms with E-state index in [1.165, 1.54) is 231 Å². The van der Waals surface area contributed by atoms with Crippen LogP contribution in [0.2, 0.25) is 0 Å². The van der Waals surface area contributed by atoms with Gasteiger partial charge >= 0.3 is 11.9 Å². The molecule has 0 aliphatic carbocycles. The van der Waals surface area contributed by atoms with Gasteiger partial charge in [0.15, 0.2) is 0 Å². The summed E-state index contributed by atoms with van der Waals surface area (Å²) in [7, 11) is 0. The molecule has 0 spiro atoms. The Morgan fingerprint density at radius 3 is 0.593 bits per heavy atom. The Morgan fingerprint density at radius 2 is 0.407 bits per heavy atom. The van der Waals surface area contributed by atoms with Gasteiger partial charge in [0.1, 0.15) is 0 Å². The van der Waals surface area contributed by atoms with E-state index in [1.54, 1.807) is 0 Å². The molecule has 4 heteroatoms. The normalized spacial score (nSPS) is 11.4. The molecule has 0 saturated heterocycles. The molecule has 0 amide bonds. The summed E-state index contributed by atoms with van der Waals surface area (Å²) in [5.41, 5.74) is 0. The van der Waals surface area contributed by atoms with E-state index in [9.17, 15) is 9.59 Å². The largest absolute Gasteiger partial charge is 0.466 e. The molecule has 54 heavy (non-hydrogen) atoms. The first-order chi connectivity index (χ1) is 26.7. The summed E-state index contributed by atoms with van der Waals surface area (Å²) in [5.74, 6) is -0.240. The minimum atomic E-state index is -0.120. The van der Waals surface area contributed by atoms with E-state index in [2.05, 4.69) is 13.8 Å². The van der Waals surface area contributed by atoms with E-state index in [0.29, 0.717) is 38.9 Å². The molecule has 0 rings (SSSR count). The van der Waals surface area contributed by atoms with Crippen LogP contribution in [0, 0.1) is 0 Å². The van der Waals surface area contributed by atoms with Crippen molar-refractivity contribution in [2.45, 2.75) is 296 Å². The zero-order valence-corrected chi connectivity index (χ0v) is 37.2. The highest BCUT2D eigenvalue weighted by molar-refractivity contribution is 5.70. The van der Waals surface area contributed by atoms with Crippen molar-refractivity contribution in [2.75, 3.05) is 13.2 Å². The smallest absolute Gasteiger partial charge is 0.305 e. The van der Waals surface area contributed by atoms with Crippen LogP contribution in [0.1, 0.15) is 296 Å². The molecule has 0 unspecified atom stereocenters. The van der Waals surface area contributed by atoms with Crippen LogP contribution in [0.15, 0.2) is 0 Å². The van der Waals surface area contributed by atoms with E-state index in [-0.39, 0.29) is 11.9 Å². The van der Waals surface area contributed by atoms with Gasteiger partial charge in [-0.2, -0.15) is 0 Å². The molecule has 0 aromatic carbocycles. The lowest BCUT2D eigenvalue weighted by Crippen LogP contribution is -2.08. The van der Waals surface area contributed by atoms with Crippen LogP contribution >= 0.6 is 0 Å². The van der Waals surface area contributed by atoms with Crippen LogP contribution in [-0.4, -0.2) is 25.2 Å². The molecular weight excluding hydrogens is 665 g/mol. The number of carbonyl (C=O) groups is 2. The molecule has 0 aliphatic rings. The van der Waals surface area contributed by atoms with Gasteiger partial charge in [-0.15, -0.1) is 0 Å². The zero-order valence-electron chi connectivity index (χ0n) is 37.2. The van der Waals surface area contributed by atoms with Crippen LogP contribution in [0.5, 0.6) is 0 Å². The standard InChI is InChI=1S/C50H98O4/c1-3-5-7-9-11-13-15-17-19-21-23-25-27-29-31-33-35-37-39-43-47-53-49(51)45-41-42-46-50(52)54-48-44-40-38-36-34-32-30-28-26-24-22-20-18-16-14-12-10-8-6-4-2/h3-48H2,1-2H3. The highest BCUT2D eigenvalue weighted by Gasteiger charge is 2.06. The van der Waals surface area contributed by atoms with Crippen LogP contribution in [0.25, 0.3) is 0 Å². The van der Waals surface area contributed by atoms with E-state index in [0.717, 1.165) is 25.7 Å². The fraction of sp³-hybridized carbons (Fsp3) is 0.960. The number of hydrogen-bond acceptors (Lipinski definition) is 4. The minimum Gasteiger partial charge on any atom is -0.466 e. The molecule has 4 nitrogen and oxygen atoms in total. The molecule has 0 radical (unpaired) electrons. The van der Waals surface area contributed by atoms with Gasteiger partial charge in [0.05, 0.1) is 13.2 Å². The van der Waals surface area contributed by atoms with Gasteiger partial charge in [-0.25, -0.2) is 0 Å². The average molecular weight is 763 g/mol. The Balaban J connectivity index is 3.23. The third-order valence-electron chi connectivity index (χ3n) is 11.5. The third-order valence-corrected chi connectivity index (χ3v) is 11.5. The molecule has 0 aromatic heterocycles. The molecule has 0 heterocycles. The van der Waals surface area contributed by atoms with Crippen molar-refractivity contribution in [1.29, 1.82) is 0 Å². The van der Waals surface area contributed by atoms with E-state index in [4.69, 9.17) is 9.47 Å². The van der Waals surface area contributed by atoms with Crippen LogP contribution in [0.3, 0.4) is 0 Å². The molecule has 0 aromatic rings. The Hall–Kier alpha value is -1.06. The lowest BCUT2D eigenvalue weighted by molar-refractivity contribution is -0.146. The minimum absolute atomic E-state index is 0.120. The monoisotopic (exact) mass is 763 g/mol. The van der Waals surface area contributed by atoms with Crippen LogP contribution < -0.4 is 0 Å². The van der Waals surface area contributed by atoms with Crippen molar-refractivity contribution in [3.8, 4) is 0 Å². The van der Waals surface area contributed by atoms with E-state index in [1.807, 2.05) is 0 Å². The number of unbranched alkanes of at least 4 members (excludes halogenated alkanes) is 39. The number of hydrogen-bond donors (Lipinski definition) is 0. The third kappa shape index (κ3) is 47.1. The first-order valence-electron chi connectivity index (χ1n) is 25.0. The van der Waals surface area contributed by atoms with Crippen LogP contribution in [-0.2, 0) is 19.1 Å². The lowest BCUT2D eigenvalue weighted by Gasteiger charge is -2.06. The van der Waals surface area contributed by atoms with Crippen molar-refractivity contribution >= 4 is 11.9 Å². The summed E-state index contributed by atoms with van der Waals surface area (Å²) in [6.07, 6.45) is 57.0. The topological polar surface area (TPSA) is 52.6 Å². The molecule has 322 valence electrons. The molecule has 0 N–H and O–H groups in total. The predicted molar refractivity (Wildman–Crippen MR) is 236 cm³/mol. The molecule has 0 fully saturated rings. The summed E-state index contributed by atoms with van der Waals surface area (Å²) in [6.45, 7) is 5.67. The zero-order chi connectivity index (χ0) is 39.1. The first-order valence-corrected chi connectivity index (χ1v) is 25.0. The van der Waals surface area contributed by atoms with Crippen LogP contribution in [0.4, 0.5) is 0 Å². The molecular formula is C50H98O4. The quantitative estimate of drug-likeness (QED) is 0.0458. The second-order valence-corrected chi connectivity index (χ2v) is 17.1. The summed E-state index contributed by atoms with van der Waals surface area (Å²) in [4.78, 5) is 24.0. The van der Waals surface area contributed by atoms with Crippen molar-refractivity contribution in [2.24, 2.45) is 0 Å². The maximum absolute atomic E-state index is 12.0. The summed E-state index contributed by atoms with van der Waals surface area (Å²) in [5, 5.41) is 0. The van der Waals surface area contributed by atoms with E-state index >= 15 is 0 Å². The summed E-state index contributed by atoms with van der Waals surface area (Å²) in [6, 6.07) is 0. The second-order valence-electron chi connectivity index (χ2n) is 17.1. The predicted octanol–water partition coefficient (Wildman–Crippen LogP) is 17.3. The Bertz CT molecular complexity index is 661. The molecule has 0 aliphatic heterocycles. The van der Waals surface area contributed by atoms with Gasteiger partial charge in [0.25, 0.3) is 0 Å². The highest BCUT2D eigenvalue weighted by Crippen LogP contribution is 2.17. The Labute approximate surface area is 339 Å². The van der Waals surface area contributed by atoms with E-state index < -0.39 is 0 Å². The first kappa shape index (κ1) is 52.9.